The van der Waals surface area contributed by atoms with Crippen LogP contribution in [-0.4, -0.2) is 45.4 Å². The molecule has 1 aliphatic rings. The van der Waals surface area contributed by atoms with Gasteiger partial charge >= 0.3 is 0 Å². The summed E-state index contributed by atoms with van der Waals surface area (Å²) in [5.41, 5.74) is 1.000. The van der Waals surface area contributed by atoms with Crippen LogP contribution in [0.5, 0.6) is 5.75 Å². The molecule has 122 valence electrons. The normalized spacial score (nSPS) is 17.1. The first kappa shape index (κ1) is 15.4. The summed E-state index contributed by atoms with van der Waals surface area (Å²) in [6, 6.07) is 7.67. The molecular formula is C15H19N5O3. The molecule has 2 heterocycles. The molecule has 1 aromatic carbocycles. The zero-order chi connectivity index (χ0) is 15.9. The number of carbonyl (C=O) groups is 1. The summed E-state index contributed by atoms with van der Waals surface area (Å²) in [5, 5.41) is 13.4. The molecule has 0 unspecified atom stereocenters. The van der Waals surface area contributed by atoms with Crippen LogP contribution in [0.25, 0.3) is 0 Å². The fraction of sp³-hybridized carbons (Fsp3) is 0.467. The standard InChI is InChI=1S/C15H19N5O3/c21-15(9-20-11-17-18-19-20)16-8-12-3-5-13(6-4-12)23-10-14-2-1-7-22-14/h3-6,11,14H,1-2,7-10H2,(H,16,21)/t14-/m1/s1. The van der Waals surface area contributed by atoms with Gasteiger partial charge in [0.15, 0.2) is 0 Å². The molecular weight excluding hydrogens is 298 g/mol. The summed E-state index contributed by atoms with van der Waals surface area (Å²) >= 11 is 0. The number of tetrazole rings is 1. The van der Waals surface area contributed by atoms with Crippen LogP contribution in [0.4, 0.5) is 0 Å². The van der Waals surface area contributed by atoms with Crippen LogP contribution in [0.2, 0.25) is 0 Å². The smallest absolute Gasteiger partial charge is 0.242 e. The molecule has 2 aromatic rings. The minimum Gasteiger partial charge on any atom is -0.491 e. The van der Waals surface area contributed by atoms with Crippen molar-refractivity contribution in [2.45, 2.75) is 32.0 Å². The number of ether oxygens (including phenoxy) is 2. The summed E-state index contributed by atoms with van der Waals surface area (Å²) in [6.45, 7) is 1.97. The van der Waals surface area contributed by atoms with Crippen molar-refractivity contribution in [3.63, 3.8) is 0 Å². The van der Waals surface area contributed by atoms with Crippen LogP contribution < -0.4 is 10.1 Å². The van der Waals surface area contributed by atoms with Crippen molar-refractivity contribution in [3.8, 4) is 5.75 Å². The molecule has 1 fully saturated rings. The third-order valence-corrected chi connectivity index (χ3v) is 3.57. The molecule has 1 N–H and O–H groups in total. The fourth-order valence-electron chi connectivity index (χ4n) is 2.32. The molecule has 0 saturated carbocycles. The van der Waals surface area contributed by atoms with E-state index in [-0.39, 0.29) is 18.6 Å². The van der Waals surface area contributed by atoms with E-state index >= 15 is 0 Å². The van der Waals surface area contributed by atoms with E-state index < -0.39 is 0 Å². The molecule has 0 bridgehead atoms. The van der Waals surface area contributed by atoms with Gasteiger partial charge in [-0.1, -0.05) is 12.1 Å². The third kappa shape index (κ3) is 4.75. The maximum Gasteiger partial charge on any atom is 0.242 e. The number of amides is 1. The van der Waals surface area contributed by atoms with Crippen LogP contribution in [0.1, 0.15) is 18.4 Å². The van der Waals surface area contributed by atoms with Gasteiger partial charge in [-0.15, -0.1) is 5.10 Å². The lowest BCUT2D eigenvalue weighted by Gasteiger charge is -2.12. The van der Waals surface area contributed by atoms with Crippen molar-refractivity contribution >= 4 is 5.91 Å². The van der Waals surface area contributed by atoms with Gasteiger partial charge in [-0.25, -0.2) is 4.68 Å². The lowest BCUT2D eigenvalue weighted by atomic mass is 10.2. The largest absolute Gasteiger partial charge is 0.491 e. The first-order valence-electron chi connectivity index (χ1n) is 7.60. The van der Waals surface area contributed by atoms with E-state index in [1.165, 1.54) is 11.0 Å². The summed E-state index contributed by atoms with van der Waals surface area (Å²) in [6.07, 6.45) is 3.78. The number of rotatable bonds is 7. The highest BCUT2D eigenvalue weighted by Crippen LogP contribution is 2.16. The van der Waals surface area contributed by atoms with E-state index in [1.807, 2.05) is 24.3 Å². The lowest BCUT2D eigenvalue weighted by Crippen LogP contribution is -2.27. The Labute approximate surface area is 133 Å². The van der Waals surface area contributed by atoms with Crippen molar-refractivity contribution in [1.82, 2.24) is 25.5 Å². The number of hydrogen-bond donors (Lipinski definition) is 1. The van der Waals surface area contributed by atoms with Crippen LogP contribution in [0.15, 0.2) is 30.6 Å². The average Bonchev–Trinajstić information content (AvgIpc) is 3.25. The Hall–Kier alpha value is -2.48. The molecule has 1 aromatic heterocycles. The molecule has 23 heavy (non-hydrogen) atoms. The van der Waals surface area contributed by atoms with E-state index in [2.05, 4.69) is 20.8 Å². The summed E-state index contributed by atoms with van der Waals surface area (Å²) in [7, 11) is 0. The lowest BCUT2D eigenvalue weighted by molar-refractivity contribution is -0.122. The Morgan fingerprint density at radius 3 is 2.96 bits per heavy atom. The minimum atomic E-state index is -0.143. The predicted octanol–water partition coefficient (Wildman–Crippen LogP) is 0.547. The van der Waals surface area contributed by atoms with Crippen LogP contribution in [-0.2, 0) is 22.6 Å². The van der Waals surface area contributed by atoms with Gasteiger partial charge in [-0.3, -0.25) is 4.79 Å². The molecule has 1 amide bonds. The van der Waals surface area contributed by atoms with Crippen molar-refractivity contribution in [3.05, 3.63) is 36.2 Å². The maximum absolute atomic E-state index is 11.7. The molecule has 1 atom stereocenters. The highest BCUT2D eigenvalue weighted by atomic mass is 16.5. The number of hydrogen-bond acceptors (Lipinski definition) is 6. The second kappa shape index (κ2) is 7.68. The van der Waals surface area contributed by atoms with E-state index in [1.54, 1.807) is 0 Å². The molecule has 0 aliphatic carbocycles. The van der Waals surface area contributed by atoms with Crippen LogP contribution in [0, 0.1) is 0 Å². The van der Waals surface area contributed by atoms with E-state index in [0.717, 1.165) is 30.8 Å². The monoisotopic (exact) mass is 317 g/mol. The van der Waals surface area contributed by atoms with Gasteiger partial charge < -0.3 is 14.8 Å². The van der Waals surface area contributed by atoms with Crippen LogP contribution in [0.3, 0.4) is 0 Å². The van der Waals surface area contributed by atoms with Crippen molar-refractivity contribution in [2.24, 2.45) is 0 Å². The zero-order valence-electron chi connectivity index (χ0n) is 12.7. The highest BCUT2D eigenvalue weighted by molar-refractivity contribution is 5.75. The maximum atomic E-state index is 11.7. The SMILES string of the molecule is O=C(Cn1cnnn1)NCc1ccc(OC[C@H]2CCCO2)cc1. The first-order valence-corrected chi connectivity index (χ1v) is 7.60. The van der Waals surface area contributed by atoms with Gasteiger partial charge in [0, 0.05) is 13.2 Å². The Kier molecular flexibility index (Phi) is 5.15. The molecule has 0 spiro atoms. The third-order valence-electron chi connectivity index (χ3n) is 3.57. The molecule has 0 radical (unpaired) electrons. The predicted molar refractivity (Wildman–Crippen MR) is 80.6 cm³/mol. The number of nitrogens with zero attached hydrogens (tertiary/aromatic N) is 4. The zero-order valence-corrected chi connectivity index (χ0v) is 12.7. The molecule has 1 saturated heterocycles. The highest BCUT2D eigenvalue weighted by Gasteiger charge is 2.15. The van der Waals surface area contributed by atoms with Crippen molar-refractivity contribution in [2.75, 3.05) is 13.2 Å². The second-order valence-electron chi connectivity index (χ2n) is 5.37. The van der Waals surface area contributed by atoms with Gasteiger partial charge in [-0.05, 0) is 41.0 Å². The average molecular weight is 317 g/mol. The number of carbonyl (C=O) groups excluding carboxylic acids is 1. The van der Waals surface area contributed by atoms with Crippen molar-refractivity contribution < 1.29 is 14.3 Å². The fourth-order valence-corrected chi connectivity index (χ4v) is 2.32. The van der Waals surface area contributed by atoms with Gasteiger partial charge in [0.1, 0.15) is 25.2 Å². The van der Waals surface area contributed by atoms with Gasteiger partial charge in [0.2, 0.25) is 5.91 Å². The van der Waals surface area contributed by atoms with Gasteiger partial charge in [0.05, 0.1) is 6.10 Å². The van der Waals surface area contributed by atoms with E-state index in [9.17, 15) is 4.79 Å². The topological polar surface area (TPSA) is 91.2 Å². The first-order chi connectivity index (χ1) is 11.3. The number of nitrogens with one attached hydrogen (secondary N) is 1. The Balaban J connectivity index is 1.41. The van der Waals surface area contributed by atoms with Gasteiger partial charge in [-0.2, -0.15) is 0 Å². The van der Waals surface area contributed by atoms with E-state index in [0.29, 0.717) is 13.2 Å². The van der Waals surface area contributed by atoms with Gasteiger partial charge in [0.25, 0.3) is 0 Å². The number of benzene rings is 1. The second-order valence-corrected chi connectivity index (χ2v) is 5.37. The summed E-state index contributed by atoms with van der Waals surface area (Å²) < 4.78 is 12.6. The molecule has 1 aliphatic heterocycles. The van der Waals surface area contributed by atoms with Crippen molar-refractivity contribution in [1.29, 1.82) is 0 Å². The summed E-state index contributed by atoms with van der Waals surface area (Å²) in [4.78, 5) is 11.7. The Bertz CT molecular complexity index is 609. The quantitative estimate of drug-likeness (QED) is 0.802. The van der Waals surface area contributed by atoms with Crippen LogP contribution >= 0.6 is 0 Å². The number of aromatic nitrogens is 4. The van der Waals surface area contributed by atoms with E-state index in [4.69, 9.17) is 9.47 Å². The minimum absolute atomic E-state index is 0.107. The Morgan fingerprint density at radius 1 is 1.39 bits per heavy atom. The molecule has 8 nitrogen and oxygen atoms in total. The molecule has 3 rings (SSSR count). The Morgan fingerprint density at radius 2 is 2.26 bits per heavy atom. The molecule has 8 heteroatoms. The summed E-state index contributed by atoms with van der Waals surface area (Å²) in [5.74, 6) is 0.667.